The molecule has 0 aromatic heterocycles. The van der Waals surface area contributed by atoms with Crippen LogP contribution in [0, 0.1) is 0 Å². The van der Waals surface area contributed by atoms with Crippen molar-refractivity contribution in [1.82, 2.24) is 9.62 Å². The van der Waals surface area contributed by atoms with Crippen molar-refractivity contribution >= 4 is 53.5 Å². The number of halogens is 2. The van der Waals surface area contributed by atoms with Crippen LogP contribution >= 0.6 is 31.9 Å². The Labute approximate surface area is 141 Å². The van der Waals surface area contributed by atoms with Crippen molar-refractivity contribution in [2.75, 3.05) is 19.3 Å². The second kappa shape index (κ2) is 7.08. The number of nitrogen functional groups attached to an aromatic ring is 1. The normalized spacial score (nSPS) is 12.0. The Kier molecular flexibility index (Phi) is 6.21. The van der Waals surface area contributed by atoms with Gasteiger partial charge in [-0.25, -0.2) is 8.42 Å². The van der Waals surface area contributed by atoms with Gasteiger partial charge >= 0.3 is 0 Å². The highest BCUT2D eigenvalue weighted by Crippen LogP contribution is 2.33. The summed E-state index contributed by atoms with van der Waals surface area (Å²) >= 11 is 6.38. The third kappa shape index (κ3) is 4.67. The predicted octanol–water partition coefficient (Wildman–Crippen LogP) is 1.94. The lowest BCUT2D eigenvalue weighted by Gasteiger charge is -2.19. The van der Waals surface area contributed by atoms with Gasteiger partial charge in [-0.2, -0.15) is 4.31 Å². The molecule has 0 aliphatic heterocycles. The summed E-state index contributed by atoms with van der Waals surface area (Å²) in [6.45, 7) is 3.35. The maximum atomic E-state index is 12.6. The molecule has 0 atom stereocenters. The second-order valence-electron chi connectivity index (χ2n) is 4.80. The van der Waals surface area contributed by atoms with Crippen molar-refractivity contribution in [2.24, 2.45) is 0 Å². The minimum atomic E-state index is -3.82. The Morgan fingerprint density at radius 1 is 1.33 bits per heavy atom. The zero-order chi connectivity index (χ0) is 16.4. The molecular weight excluding hydrogens is 426 g/mol. The number of benzene rings is 1. The molecular formula is C12H17Br2N3O3S. The molecule has 0 saturated heterocycles. The van der Waals surface area contributed by atoms with Gasteiger partial charge in [0.05, 0.1) is 6.54 Å². The minimum Gasteiger partial charge on any atom is -0.399 e. The van der Waals surface area contributed by atoms with Crippen molar-refractivity contribution in [3.63, 3.8) is 0 Å². The van der Waals surface area contributed by atoms with E-state index in [-0.39, 0.29) is 23.4 Å². The van der Waals surface area contributed by atoms with Gasteiger partial charge in [0, 0.05) is 27.7 Å². The van der Waals surface area contributed by atoms with Gasteiger partial charge in [-0.15, -0.1) is 0 Å². The number of rotatable bonds is 5. The third-order valence-electron chi connectivity index (χ3n) is 2.50. The van der Waals surface area contributed by atoms with Crippen molar-refractivity contribution in [3.05, 3.63) is 21.1 Å². The number of likely N-dealkylation sites (N-methyl/N-ethyl adjacent to an activating group) is 1. The number of anilines is 1. The topological polar surface area (TPSA) is 92.5 Å². The average Bonchev–Trinajstić information content (AvgIpc) is 2.24. The Hall–Kier alpha value is -0.640. The largest absolute Gasteiger partial charge is 0.399 e. The van der Waals surface area contributed by atoms with Crippen LogP contribution in [0.1, 0.15) is 13.8 Å². The molecule has 0 spiro atoms. The predicted molar refractivity (Wildman–Crippen MR) is 89.3 cm³/mol. The lowest BCUT2D eigenvalue weighted by atomic mass is 10.3. The molecule has 118 valence electrons. The number of nitrogens with zero attached hydrogens (tertiary/aromatic N) is 1. The summed E-state index contributed by atoms with van der Waals surface area (Å²) in [6, 6.07) is 2.95. The number of sulfonamides is 1. The lowest BCUT2D eigenvalue weighted by Crippen LogP contribution is -2.41. The fraction of sp³-hybridized carbons (Fsp3) is 0.417. The van der Waals surface area contributed by atoms with E-state index in [1.54, 1.807) is 13.8 Å². The quantitative estimate of drug-likeness (QED) is 0.681. The molecule has 0 unspecified atom stereocenters. The molecule has 3 N–H and O–H groups in total. The van der Waals surface area contributed by atoms with Gasteiger partial charge in [0.2, 0.25) is 15.9 Å². The first kappa shape index (κ1) is 18.4. The van der Waals surface area contributed by atoms with Crippen molar-refractivity contribution in [1.29, 1.82) is 0 Å². The first-order valence-corrected chi connectivity index (χ1v) is 9.08. The monoisotopic (exact) mass is 441 g/mol. The van der Waals surface area contributed by atoms with Crippen LogP contribution in [0.15, 0.2) is 26.0 Å². The molecule has 0 bridgehead atoms. The maximum Gasteiger partial charge on any atom is 0.245 e. The van der Waals surface area contributed by atoms with Crippen molar-refractivity contribution in [3.8, 4) is 0 Å². The number of nitrogens with two attached hydrogens (primary N) is 1. The van der Waals surface area contributed by atoms with E-state index in [1.807, 2.05) is 0 Å². The van der Waals surface area contributed by atoms with Gasteiger partial charge < -0.3 is 11.1 Å². The van der Waals surface area contributed by atoms with Crippen LogP contribution in [-0.4, -0.2) is 38.3 Å². The van der Waals surface area contributed by atoms with E-state index >= 15 is 0 Å². The molecule has 0 heterocycles. The summed E-state index contributed by atoms with van der Waals surface area (Å²) in [5.41, 5.74) is 6.07. The summed E-state index contributed by atoms with van der Waals surface area (Å²) < 4.78 is 26.8. The number of hydrogen-bond donors (Lipinski definition) is 2. The number of amides is 1. The highest BCUT2D eigenvalue weighted by Gasteiger charge is 2.28. The van der Waals surface area contributed by atoms with Crippen molar-refractivity contribution in [2.45, 2.75) is 24.8 Å². The molecule has 0 saturated carbocycles. The lowest BCUT2D eigenvalue weighted by molar-refractivity contribution is -0.121. The first-order chi connectivity index (χ1) is 9.55. The van der Waals surface area contributed by atoms with Gasteiger partial charge in [0.15, 0.2) is 0 Å². The molecule has 1 rings (SSSR count). The van der Waals surface area contributed by atoms with Crippen LogP contribution in [0.25, 0.3) is 0 Å². The molecule has 9 heteroatoms. The van der Waals surface area contributed by atoms with Crippen LogP contribution in [0.4, 0.5) is 5.69 Å². The highest BCUT2D eigenvalue weighted by atomic mass is 79.9. The van der Waals surface area contributed by atoms with Gasteiger partial charge in [0.25, 0.3) is 0 Å². The van der Waals surface area contributed by atoms with E-state index in [0.717, 1.165) is 4.31 Å². The Morgan fingerprint density at radius 3 is 2.24 bits per heavy atom. The summed E-state index contributed by atoms with van der Waals surface area (Å²) in [7, 11) is -2.47. The number of hydrogen-bond acceptors (Lipinski definition) is 4. The molecule has 0 aliphatic carbocycles. The van der Waals surface area contributed by atoms with Crippen molar-refractivity contribution < 1.29 is 13.2 Å². The second-order valence-corrected chi connectivity index (χ2v) is 8.49. The smallest absolute Gasteiger partial charge is 0.245 e. The maximum absolute atomic E-state index is 12.6. The molecule has 6 nitrogen and oxygen atoms in total. The first-order valence-electron chi connectivity index (χ1n) is 6.06. The van der Waals surface area contributed by atoms with E-state index < -0.39 is 10.0 Å². The minimum absolute atomic E-state index is 0.0385. The summed E-state index contributed by atoms with van der Waals surface area (Å²) in [5, 5.41) is 2.65. The van der Waals surface area contributed by atoms with Crippen LogP contribution in [0.5, 0.6) is 0 Å². The average molecular weight is 443 g/mol. The Morgan fingerprint density at radius 2 is 1.81 bits per heavy atom. The number of carbonyl (C=O) groups is 1. The van der Waals surface area contributed by atoms with Crippen LogP contribution < -0.4 is 11.1 Å². The summed E-state index contributed by atoms with van der Waals surface area (Å²) in [5.74, 6) is -0.362. The number of carbonyl (C=O) groups excluding carboxylic acids is 1. The molecule has 1 aromatic carbocycles. The Bertz CT molecular complexity index is 624. The fourth-order valence-electron chi connectivity index (χ4n) is 1.64. The van der Waals surface area contributed by atoms with E-state index in [9.17, 15) is 13.2 Å². The van der Waals surface area contributed by atoms with E-state index in [2.05, 4.69) is 37.2 Å². The van der Waals surface area contributed by atoms with E-state index in [4.69, 9.17) is 5.73 Å². The third-order valence-corrected chi connectivity index (χ3v) is 6.19. The zero-order valence-electron chi connectivity index (χ0n) is 11.9. The van der Waals surface area contributed by atoms with Gasteiger partial charge in [-0.3, -0.25) is 4.79 Å². The van der Waals surface area contributed by atoms with Crippen LogP contribution in [-0.2, 0) is 14.8 Å². The SMILES string of the molecule is CC(C)NC(=O)CN(C)S(=O)(=O)c1c(Br)cc(N)cc1Br. The van der Waals surface area contributed by atoms with Gasteiger partial charge in [-0.05, 0) is 57.8 Å². The van der Waals surface area contributed by atoms with E-state index in [0.29, 0.717) is 14.6 Å². The molecule has 0 fully saturated rings. The summed E-state index contributed by atoms with van der Waals surface area (Å²) in [4.78, 5) is 11.7. The summed E-state index contributed by atoms with van der Waals surface area (Å²) in [6.07, 6.45) is 0. The van der Waals surface area contributed by atoms with Gasteiger partial charge in [-0.1, -0.05) is 0 Å². The zero-order valence-corrected chi connectivity index (χ0v) is 15.8. The molecule has 1 amide bonds. The molecule has 1 aromatic rings. The highest BCUT2D eigenvalue weighted by molar-refractivity contribution is 9.11. The molecule has 21 heavy (non-hydrogen) atoms. The fourth-order valence-corrected chi connectivity index (χ4v) is 5.30. The number of nitrogens with one attached hydrogen (secondary N) is 1. The van der Waals surface area contributed by atoms with E-state index in [1.165, 1.54) is 19.2 Å². The van der Waals surface area contributed by atoms with Gasteiger partial charge in [0.1, 0.15) is 4.90 Å². The molecule has 0 aliphatic rings. The molecule has 0 radical (unpaired) electrons. The van der Waals surface area contributed by atoms with Crippen LogP contribution in [0.3, 0.4) is 0 Å². The van der Waals surface area contributed by atoms with Crippen LogP contribution in [0.2, 0.25) is 0 Å². The Balaban J connectivity index is 3.09. The standard InChI is InChI=1S/C12H17Br2N3O3S/c1-7(2)16-11(18)6-17(3)21(19,20)12-9(13)4-8(15)5-10(12)14/h4-5,7H,6,15H2,1-3H3,(H,16,18).